The number of carbonyl (C=O) groups is 2. The van der Waals surface area contributed by atoms with E-state index in [1.807, 2.05) is 41.4 Å². The molecule has 6 heteroatoms. The second-order valence-corrected chi connectivity index (χ2v) is 7.18. The van der Waals surface area contributed by atoms with E-state index in [0.717, 1.165) is 35.5 Å². The molecule has 1 saturated heterocycles. The van der Waals surface area contributed by atoms with Crippen molar-refractivity contribution in [2.45, 2.75) is 39.8 Å². The number of imidazole rings is 1. The van der Waals surface area contributed by atoms with E-state index in [-0.39, 0.29) is 17.7 Å². The summed E-state index contributed by atoms with van der Waals surface area (Å²) in [6.45, 7) is 6.63. The Hall–Kier alpha value is -2.63. The minimum absolute atomic E-state index is 0.0504. The van der Waals surface area contributed by atoms with Crippen molar-refractivity contribution in [2.75, 3.05) is 18.0 Å². The zero-order valence-corrected chi connectivity index (χ0v) is 15.3. The smallest absolute Gasteiger partial charge is 0.228 e. The zero-order chi connectivity index (χ0) is 18.3. The topological polar surface area (TPSA) is 58.4 Å². The molecule has 2 aromatic rings. The van der Waals surface area contributed by atoms with Gasteiger partial charge in [-0.15, -0.1) is 0 Å². The molecule has 136 valence electrons. The lowest BCUT2D eigenvalue weighted by molar-refractivity contribution is -0.137. The van der Waals surface area contributed by atoms with E-state index in [2.05, 4.69) is 22.5 Å². The number of nitrogens with zero attached hydrogens (tertiary/aromatic N) is 4. The molecule has 6 nitrogen and oxygen atoms in total. The van der Waals surface area contributed by atoms with Crippen molar-refractivity contribution >= 4 is 17.5 Å². The van der Waals surface area contributed by atoms with Crippen molar-refractivity contribution in [1.29, 1.82) is 0 Å². The van der Waals surface area contributed by atoms with Gasteiger partial charge in [0.15, 0.2) is 0 Å². The number of hydrogen-bond acceptors (Lipinski definition) is 3. The van der Waals surface area contributed by atoms with Crippen molar-refractivity contribution in [3.63, 3.8) is 0 Å². The standard InChI is InChI=1S/C20H24N4O2/c1-3-15-6-4-5-14(2)19(15)24-11-16(9-18(24)25)20(26)22-7-8-23-13-21-10-17(23)12-22/h4-6,10,13,16H,3,7-9,11-12H2,1-2H3/t16-/m1/s1. The molecule has 3 heterocycles. The number of para-hydroxylation sites is 1. The van der Waals surface area contributed by atoms with Crippen LogP contribution in [0.4, 0.5) is 5.69 Å². The fourth-order valence-electron chi connectivity index (χ4n) is 4.11. The number of rotatable bonds is 3. The predicted molar refractivity (Wildman–Crippen MR) is 98.7 cm³/mol. The van der Waals surface area contributed by atoms with Crippen LogP contribution in [0.3, 0.4) is 0 Å². The number of fused-ring (bicyclic) bond motifs is 1. The molecule has 0 bridgehead atoms. The fraction of sp³-hybridized carbons (Fsp3) is 0.450. The molecule has 0 N–H and O–H groups in total. The molecule has 1 aromatic heterocycles. The zero-order valence-electron chi connectivity index (χ0n) is 15.3. The molecule has 0 spiro atoms. The van der Waals surface area contributed by atoms with Crippen LogP contribution in [0.15, 0.2) is 30.7 Å². The Morgan fingerprint density at radius 1 is 1.31 bits per heavy atom. The Bertz CT molecular complexity index is 857. The lowest BCUT2D eigenvalue weighted by Gasteiger charge is -2.30. The third-order valence-corrected chi connectivity index (χ3v) is 5.52. The summed E-state index contributed by atoms with van der Waals surface area (Å²) in [5.41, 5.74) is 4.30. The van der Waals surface area contributed by atoms with Gasteiger partial charge in [0.25, 0.3) is 0 Å². The second-order valence-electron chi connectivity index (χ2n) is 7.18. The number of benzene rings is 1. The normalized spacial score (nSPS) is 19.8. The molecule has 0 saturated carbocycles. The van der Waals surface area contributed by atoms with Gasteiger partial charge in [-0.3, -0.25) is 9.59 Å². The maximum atomic E-state index is 13.0. The van der Waals surface area contributed by atoms with Gasteiger partial charge in [-0.1, -0.05) is 25.1 Å². The van der Waals surface area contributed by atoms with Gasteiger partial charge in [-0.2, -0.15) is 0 Å². The molecule has 26 heavy (non-hydrogen) atoms. The quantitative estimate of drug-likeness (QED) is 0.850. The van der Waals surface area contributed by atoms with Crippen LogP contribution in [0.25, 0.3) is 0 Å². The van der Waals surface area contributed by atoms with Crippen LogP contribution in [0.5, 0.6) is 0 Å². The summed E-state index contributed by atoms with van der Waals surface area (Å²) in [6.07, 6.45) is 4.79. The number of anilines is 1. The minimum Gasteiger partial charge on any atom is -0.335 e. The van der Waals surface area contributed by atoms with Gasteiger partial charge in [0, 0.05) is 37.9 Å². The highest BCUT2D eigenvalue weighted by molar-refractivity contribution is 6.01. The summed E-state index contributed by atoms with van der Waals surface area (Å²) >= 11 is 0. The monoisotopic (exact) mass is 352 g/mol. The van der Waals surface area contributed by atoms with Gasteiger partial charge in [0.2, 0.25) is 11.8 Å². The van der Waals surface area contributed by atoms with Crippen LogP contribution >= 0.6 is 0 Å². The van der Waals surface area contributed by atoms with E-state index in [0.29, 0.717) is 26.1 Å². The van der Waals surface area contributed by atoms with Crippen molar-refractivity contribution in [1.82, 2.24) is 14.5 Å². The molecule has 2 aliphatic rings. The first-order chi connectivity index (χ1) is 12.6. The largest absolute Gasteiger partial charge is 0.335 e. The first-order valence-electron chi connectivity index (χ1n) is 9.25. The summed E-state index contributed by atoms with van der Waals surface area (Å²) in [6, 6.07) is 6.12. The summed E-state index contributed by atoms with van der Waals surface area (Å²) in [5.74, 6) is -0.129. The summed E-state index contributed by atoms with van der Waals surface area (Å²) < 4.78 is 2.08. The number of carbonyl (C=O) groups excluding carboxylic acids is 2. The lowest BCUT2D eigenvalue weighted by Crippen LogP contribution is -2.42. The van der Waals surface area contributed by atoms with Crippen molar-refractivity contribution in [3.8, 4) is 0 Å². The molecular weight excluding hydrogens is 328 g/mol. The average Bonchev–Trinajstić information content (AvgIpc) is 3.26. The van der Waals surface area contributed by atoms with Crippen molar-refractivity contribution in [2.24, 2.45) is 5.92 Å². The van der Waals surface area contributed by atoms with E-state index < -0.39 is 0 Å². The third kappa shape index (κ3) is 2.79. The Morgan fingerprint density at radius 3 is 2.96 bits per heavy atom. The highest BCUT2D eigenvalue weighted by Crippen LogP contribution is 2.32. The molecule has 2 aliphatic heterocycles. The average molecular weight is 352 g/mol. The molecule has 4 rings (SSSR count). The van der Waals surface area contributed by atoms with Gasteiger partial charge < -0.3 is 14.4 Å². The van der Waals surface area contributed by atoms with Gasteiger partial charge in [-0.25, -0.2) is 4.98 Å². The van der Waals surface area contributed by atoms with Crippen LogP contribution in [0.1, 0.15) is 30.2 Å². The predicted octanol–water partition coefficient (Wildman–Crippen LogP) is 2.15. The molecule has 0 radical (unpaired) electrons. The molecule has 2 amide bonds. The Labute approximate surface area is 153 Å². The Balaban J connectivity index is 1.53. The van der Waals surface area contributed by atoms with Crippen LogP contribution in [0, 0.1) is 12.8 Å². The highest BCUT2D eigenvalue weighted by atomic mass is 16.2. The summed E-state index contributed by atoms with van der Waals surface area (Å²) in [5, 5.41) is 0. The number of aromatic nitrogens is 2. The maximum Gasteiger partial charge on any atom is 0.228 e. The van der Waals surface area contributed by atoms with E-state index >= 15 is 0 Å². The Kier molecular flexibility index (Phi) is 4.26. The van der Waals surface area contributed by atoms with Crippen LogP contribution < -0.4 is 4.90 Å². The summed E-state index contributed by atoms with van der Waals surface area (Å²) in [7, 11) is 0. The van der Waals surface area contributed by atoms with Gasteiger partial charge in [0.05, 0.1) is 24.5 Å². The highest BCUT2D eigenvalue weighted by Gasteiger charge is 2.38. The maximum absolute atomic E-state index is 13.0. The first-order valence-corrected chi connectivity index (χ1v) is 9.25. The molecule has 1 atom stereocenters. The lowest BCUT2D eigenvalue weighted by atomic mass is 10.0. The van der Waals surface area contributed by atoms with E-state index in [1.54, 1.807) is 0 Å². The molecule has 0 unspecified atom stereocenters. The molecular formula is C20H24N4O2. The van der Waals surface area contributed by atoms with Crippen molar-refractivity contribution in [3.05, 3.63) is 47.5 Å². The first kappa shape index (κ1) is 16.8. The molecule has 1 aromatic carbocycles. The summed E-state index contributed by atoms with van der Waals surface area (Å²) in [4.78, 5) is 33.5. The van der Waals surface area contributed by atoms with E-state index in [4.69, 9.17) is 0 Å². The van der Waals surface area contributed by atoms with E-state index in [1.165, 1.54) is 0 Å². The second kappa shape index (κ2) is 6.59. The van der Waals surface area contributed by atoms with Crippen molar-refractivity contribution < 1.29 is 9.59 Å². The van der Waals surface area contributed by atoms with Crippen LogP contribution in [0.2, 0.25) is 0 Å². The molecule has 1 fully saturated rings. The molecule has 0 aliphatic carbocycles. The van der Waals surface area contributed by atoms with E-state index in [9.17, 15) is 9.59 Å². The minimum atomic E-state index is -0.263. The van der Waals surface area contributed by atoms with Gasteiger partial charge in [0.1, 0.15) is 0 Å². The number of hydrogen-bond donors (Lipinski definition) is 0. The third-order valence-electron chi connectivity index (χ3n) is 5.52. The Morgan fingerprint density at radius 2 is 2.15 bits per heavy atom. The van der Waals surface area contributed by atoms with Crippen LogP contribution in [-0.4, -0.2) is 39.4 Å². The fourth-order valence-corrected chi connectivity index (χ4v) is 4.11. The SMILES string of the molecule is CCc1cccc(C)c1N1C[C@H](C(=O)N2CCn3cncc3C2)CC1=O. The van der Waals surface area contributed by atoms with Crippen LogP contribution in [-0.2, 0) is 29.1 Å². The number of aryl methyl sites for hydroxylation is 2. The van der Waals surface area contributed by atoms with Gasteiger partial charge in [-0.05, 0) is 24.5 Å². The van der Waals surface area contributed by atoms with Gasteiger partial charge >= 0.3 is 0 Å². The number of amides is 2.